The van der Waals surface area contributed by atoms with Crippen LogP contribution in [0.15, 0.2) is 18.5 Å². The normalized spacial score (nSPS) is 21.4. The lowest BCUT2D eigenvalue weighted by molar-refractivity contribution is -0.138. The van der Waals surface area contributed by atoms with E-state index in [0.717, 1.165) is 52.1 Å². The van der Waals surface area contributed by atoms with E-state index in [1.165, 1.54) is 17.7 Å². The van der Waals surface area contributed by atoms with Crippen molar-refractivity contribution in [2.75, 3.05) is 44.2 Å². The monoisotopic (exact) mass is 344 g/mol. The molecule has 1 aromatic rings. The van der Waals surface area contributed by atoms with Gasteiger partial charge in [-0.1, -0.05) is 6.92 Å². The topological polar surface area (TPSA) is 39.7 Å². The molecule has 2 fully saturated rings. The van der Waals surface area contributed by atoms with E-state index in [9.17, 15) is 4.79 Å². The molecule has 0 aliphatic carbocycles. The van der Waals surface area contributed by atoms with Crippen LogP contribution in [0.2, 0.25) is 0 Å². The summed E-state index contributed by atoms with van der Waals surface area (Å²) in [6.45, 7) is 12.4. The lowest BCUT2D eigenvalue weighted by Gasteiger charge is -2.40. The standard InChI is InChI=1S/C20H32N4O/c1-4-17(3)22-11-13-24(14-12-22)20(25)18-6-9-23(10-7-18)19-5-8-21-15-16(19)2/h5,8,15,17-18H,4,6-7,9-14H2,1-3H3/t17-/m0/s1. The Balaban J connectivity index is 1.50. The number of carbonyl (C=O) groups excluding carboxylic acids is 1. The number of pyridine rings is 1. The maximum Gasteiger partial charge on any atom is 0.225 e. The molecule has 1 atom stereocenters. The SMILES string of the molecule is CC[C@H](C)N1CCN(C(=O)C2CCN(c3ccncc3C)CC2)CC1. The lowest BCUT2D eigenvalue weighted by atomic mass is 9.94. The number of carbonyl (C=O) groups is 1. The number of hydrogen-bond acceptors (Lipinski definition) is 4. The summed E-state index contributed by atoms with van der Waals surface area (Å²) in [4.78, 5) is 24.1. The van der Waals surface area contributed by atoms with Gasteiger partial charge in [0, 0.05) is 69.3 Å². The smallest absolute Gasteiger partial charge is 0.225 e. The van der Waals surface area contributed by atoms with Crippen molar-refractivity contribution in [3.05, 3.63) is 24.0 Å². The van der Waals surface area contributed by atoms with Crippen molar-refractivity contribution in [1.29, 1.82) is 0 Å². The molecule has 2 aliphatic heterocycles. The van der Waals surface area contributed by atoms with E-state index in [2.05, 4.69) is 46.5 Å². The van der Waals surface area contributed by atoms with Crippen LogP contribution in [-0.2, 0) is 4.79 Å². The number of hydrogen-bond donors (Lipinski definition) is 0. The largest absolute Gasteiger partial charge is 0.371 e. The Hall–Kier alpha value is -1.62. The first-order chi connectivity index (χ1) is 12.1. The summed E-state index contributed by atoms with van der Waals surface area (Å²) in [6, 6.07) is 2.72. The van der Waals surface area contributed by atoms with Crippen LogP contribution < -0.4 is 4.90 Å². The summed E-state index contributed by atoms with van der Waals surface area (Å²) >= 11 is 0. The number of aromatic nitrogens is 1. The van der Waals surface area contributed by atoms with Crippen LogP contribution in [0.3, 0.4) is 0 Å². The molecule has 0 unspecified atom stereocenters. The van der Waals surface area contributed by atoms with Gasteiger partial charge >= 0.3 is 0 Å². The molecule has 138 valence electrons. The molecule has 0 aromatic carbocycles. The molecule has 3 rings (SSSR count). The average Bonchev–Trinajstić information content (AvgIpc) is 2.67. The maximum absolute atomic E-state index is 12.9. The van der Waals surface area contributed by atoms with Gasteiger partial charge in [0.25, 0.3) is 0 Å². The predicted molar refractivity (Wildman–Crippen MR) is 102 cm³/mol. The predicted octanol–water partition coefficient (Wildman–Crippen LogP) is 2.55. The number of rotatable bonds is 4. The van der Waals surface area contributed by atoms with Crippen LogP contribution in [0.5, 0.6) is 0 Å². The van der Waals surface area contributed by atoms with Crippen LogP contribution >= 0.6 is 0 Å². The first kappa shape index (κ1) is 18.2. The van der Waals surface area contributed by atoms with E-state index in [1.54, 1.807) is 0 Å². The van der Waals surface area contributed by atoms with Crippen molar-refractivity contribution in [2.24, 2.45) is 5.92 Å². The zero-order valence-electron chi connectivity index (χ0n) is 15.9. The molecule has 5 nitrogen and oxygen atoms in total. The van der Waals surface area contributed by atoms with E-state index in [4.69, 9.17) is 0 Å². The highest BCUT2D eigenvalue weighted by atomic mass is 16.2. The molecule has 0 bridgehead atoms. The fraction of sp³-hybridized carbons (Fsp3) is 0.700. The van der Waals surface area contributed by atoms with E-state index >= 15 is 0 Å². The summed E-state index contributed by atoms with van der Waals surface area (Å²) in [7, 11) is 0. The van der Waals surface area contributed by atoms with Crippen LogP contribution in [0.1, 0.15) is 38.7 Å². The Labute approximate surface area is 152 Å². The molecule has 0 spiro atoms. The van der Waals surface area contributed by atoms with Crippen molar-refractivity contribution >= 4 is 11.6 Å². The van der Waals surface area contributed by atoms with Gasteiger partial charge in [0.1, 0.15) is 0 Å². The lowest BCUT2D eigenvalue weighted by Crippen LogP contribution is -2.53. The Kier molecular flexibility index (Phi) is 5.94. The third-order valence-electron chi connectivity index (χ3n) is 6.02. The first-order valence-corrected chi connectivity index (χ1v) is 9.78. The Morgan fingerprint density at radius 1 is 1.20 bits per heavy atom. The molecule has 1 aromatic heterocycles. The molecule has 0 N–H and O–H groups in total. The minimum atomic E-state index is 0.202. The van der Waals surface area contributed by atoms with Crippen molar-refractivity contribution in [2.45, 2.75) is 46.1 Å². The fourth-order valence-electron chi connectivity index (χ4n) is 4.09. The summed E-state index contributed by atoms with van der Waals surface area (Å²) in [6.07, 6.45) is 6.89. The highest BCUT2D eigenvalue weighted by Crippen LogP contribution is 2.26. The molecule has 3 heterocycles. The van der Waals surface area contributed by atoms with E-state index in [-0.39, 0.29) is 5.92 Å². The van der Waals surface area contributed by atoms with Crippen molar-refractivity contribution in [1.82, 2.24) is 14.8 Å². The Morgan fingerprint density at radius 2 is 1.88 bits per heavy atom. The number of aryl methyl sites for hydroxylation is 1. The Morgan fingerprint density at radius 3 is 2.48 bits per heavy atom. The van der Waals surface area contributed by atoms with Gasteiger partial charge in [-0.2, -0.15) is 0 Å². The number of amides is 1. The van der Waals surface area contributed by atoms with Gasteiger partial charge in [0.15, 0.2) is 0 Å². The second kappa shape index (κ2) is 8.17. The average molecular weight is 345 g/mol. The van der Waals surface area contributed by atoms with Crippen LogP contribution in [-0.4, -0.2) is 66.0 Å². The van der Waals surface area contributed by atoms with Gasteiger partial charge in [-0.25, -0.2) is 0 Å². The van der Waals surface area contributed by atoms with Gasteiger partial charge in [0.05, 0.1) is 0 Å². The van der Waals surface area contributed by atoms with Gasteiger partial charge < -0.3 is 9.80 Å². The molecule has 2 aliphatic rings. The molecule has 5 heteroatoms. The number of nitrogens with zero attached hydrogens (tertiary/aromatic N) is 4. The number of anilines is 1. The zero-order chi connectivity index (χ0) is 17.8. The minimum absolute atomic E-state index is 0.202. The van der Waals surface area contributed by atoms with Gasteiger partial charge in [-0.3, -0.25) is 14.7 Å². The van der Waals surface area contributed by atoms with Crippen molar-refractivity contribution < 1.29 is 4.79 Å². The minimum Gasteiger partial charge on any atom is -0.371 e. The molecule has 2 saturated heterocycles. The van der Waals surface area contributed by atoms with Crippen LogP contribution in [0, 0.1) is 12.8 Å². The van der Waals surface area contributed by atoms with Gasteiger partial charge in [-0.05, 0) is 44.7 Å². The third-order valence-corrected chi connectivity index (χ3v) is 6.02. The number of piperazine rings is 1. The van der Waals surface area contributed by atoms with Crippen molar-refractivity contribution in [3.8, 4) is 0 Å². The van der Waals surface area contributed by atoms with E-state index in [0.29, 0.717) is 11.9 Å². The fourth-order valence-corrected chi connectivity index (χ4v) is 4.09. The zero-order valence-corrected chi connectivity index (χ0v) is 15.9. The molecule has 0 radical (unpaired) electrons. The summed E-state index contributed by atoms with van der Waals surface area (Å²) in [5, 5.41) is 0. The second-order valence-corrected chi connectivity index (χ2v) is 7.54. The first-order valence-electron chi connectivity index (χ1n) is 9.78. The van der Waals surface area contributed by atoms with Crippen molar-refractivity contribution in [3.63, 3.8) is 0 Å². The molecule has 1 amide bonds. The summed E-state index contributed by atoms with van der Waals surface area (Å²) in [5.74, 6) is 0.587. The van der Waals surface area contributed by atoms with Gasteiger partial charge in [0.2, 0.25) is 5.91 Å². The maximum atomic E-state index is 12.9. The van der Waals surface area contributed by atoms with E-state index in [1.807, 2.05) is 12.4 Å². The molecular weight excluding hydrogens is 312 g/mol. The van der Waals surface area contributed by atoms with Crippen LogP contribution in [0.4, 0.5) is 5.69 Å². The summed E-state index contributed by atoms with van der Waals surface area (Å²) in [5.41, 5.74) is 2.48. The summed E-state index contributed by atoms with van der Waals surface area (Å²) < 4.78 is 0. The quantitative estimate of drug-likeness (QED) is 0.842. The Bertz CT molecular complexity index is 575. The second-order valence-electron chi connectivity index (χ2n) is 7.54. The van der Waals surface area contributed by atoms with Gasteiger partial charge in [-0.15, -0.1) is 0 Å². The highest BCUT2D eigenvalue weighted by molar-refractivity contribution is 5.79. The van der Waals surface area contributed by atoms with Crippen LogP contribution in [0.25, 0.3) is 0 Å². The molecule has 25 heavy (non-hydrogen) atoms. The third kappa shape index (κ3) is 4.14. The number of piperidine rings is 1. The molecular formula is C20H32N4O. The van der Waals surface area contributed by atoms with E-state index < -0.39 is 0 Å². The molecule has 0 saturated carbocycles. The highest BCUT2D eigenvalue weighted by Gasteiger charge is 2.31.